The van der Waals surface area contributed by atoms with Gasteiger partial charge in [-0.05, 0) is 42.5 Å². The summed E-state index contributed by atoms with van der Waals surface area (Å²) in [7, 11) is 0. The number of ketones is 1. The zero-order chi connectivity index (χ0) is 18.5. The predicted octanol–water partition coefficient (Wildman–Crippen LogP) is 2.22. The summed E-state index contributed by atoms with van der Waals surface area (Å²) in [6, 6.07) is 10.9. The highest BCUT2D eigenvalue weighted by Gasteiger charge is 2.17. The van der Waals surface area contributed by atoms with E-state index in [2.05, 4.69) is 5.32 Å². The molecule has 26 heavy (non-hydrogen) atoms. The lowest BCUT2D eigenvalue weighted by Crippen LogP contribution is -2.31. The van der Waals surface area contributed by atoms with Crippen molar-refractivity contribution in [1.82, 2.24) is 5.32 Å². The van der Waals surface area contributed by atoms with E-state index in [0.717, 1.165) is 0 Å². The third kappa shape index (κ3) is 4.31. The molecule has 1 heterocycles. The standard InChI is InChI=1S/C18H14ClNO6/c19-13-4-1-11(2-5-13)14(21)9-24-17(22)8-20-18(23)12-3-6-15-16(7-12)26-10-25-15/h1-7H,8-10H2,(H,20,23). The molecule has 1 aliphatic heterocycles. The Morgan fingerprint density at radius 2 is 1.69 bits per heavy atom. The number of hydrogen-bond donors (Lipinski definition) is 1. The highest BCUT2D eigenvalue weighted by Crippen LogP contribution is 2.32. The van der Waals surface area contributed by atoms with Crippen LogP contribution < -0.4 is 14.8 Å². The number of Topliss-reactive ketones (excluding diaryl/α,β-unsaturated/α-hetero) is 1. The Hall–Kier alpha value is -3.06. The van der Waals surface area contributed by atoms with Crippen LogP contribution in [0.15, 0.2) is 42.5 Å². The van der Waals surface area contributed by atoms with Crippen LogP contribution in [0.4, 0.5) is 0 Å². The van der Waals surface area contributed by atoms with Crippen molar-refractivity contribution in [1.29, 1.82) is 0 Å². The average molecular weight is 376 g/mol. The Bertz CT molecular complexity index is 849. The topological polar surface area (TPSA) is 90.9 Å². The number of carbonyl (C=O) groups excluding carboxylic acids is 3. The summed E-state index contributed by atoms with van der Waals surface area (Å²) in [6.07, 6.45) is 0. The van der Waals surface area contributed by atoms with Crippen LogP contribution >= 0.6 is 11.6 Å². The zero-order valence-corrected chi connectivity index (χ0v) is 14.2. The van der Waals surface area contributed by atoms with Crippen LogP contribution in [0.5, 0.6) is 11.5 Å². The Balaban J connectivity index is 1.45. The monoisotopic (exact) mass is 375 g/mol. The fourth-order valence-corrected chi connectivity index (χ4v) is 2.33. The van der Waals surface area contributed by atoms with Crippen LogP contribution in [0.1, 0.15) is 20.7 Å². The average Bonchev–Trinajstić information content (AvgIpc) is 3.12. The fraction of sp³-hybridized carbons (Fsp3) is 0.167. The molecule has 2 aromatic carbocycles. The lowest BCUT2D eigenvalue weighted by atomic mass is 10.1. The second kappa shape index (κ2) is 7.88. The molecular weight excluding hydrogens is 362 g/mol. The van der Waals surface area contributed by atoms with E-state index in [4.69, 9.17) is 25.8 Å². The van der Waals surface area contributed by atoms with Gasteiger partial charge in [-0.15, -0.1) is 0 Å². The molecule has 1 amide bonds. The van der Waals surface area contributed by atoms with Crippen LogP contribution in [-0.4, -0.2) is 37.6 Å². The summed E-state index contributed by atoms with van der Waals surface area (Å²) in [5.41, 5.74) is 0.700. The van der Waals surface area contributed by atoms with Crippen molar-refractivity contribution in [3.63, 3.8) is 0 Å². The molecule has 0 spiro atoms. The normalized spacial score (nSPS) is 11.7. The SMILES string of the molecule is O=C(CNC(=O)c1ccc2c(c1)OCO2)OCC(=O)c1ccc(Cl)cc1. The summed E-state index contributed by atoms with van der Waals surface area (Å²) in [4.78, 5) is 35.6. The Labute approximate surface area is 153 Å². The minimum atomic E-state index is -0.721. The highest BCUT2D eigenvalue weighted by atomic mass is 35.5. The number of ether oxygens (including phenoxy) is 3. The Morgan fingerprint density at radius 1 is 1.00 bits per heavy atom. The third-order valence-corrected chi connectivity index (χ3v) is 3.81. The van der Waals surface area contributed by atoms with Crippen LogP contribution in [0.3, 0.4) is 0 Å². The van der Waals surface area contributed by atoms with Gasteiger partial charge in [-0.1, -0.05) is 11.6 Å². The second-order valence-corrected chi connectivity index (χ2v) is 5.78. The molecule has 1 N–H and O–H groups in total. The first-order chi connectivity index (χ1) is 12.5. The minimum absolute atomic E-state index is 0.106. The molecule has 0 saturated carbocycles. The van der Waals surface area contributed by atoms with E-state index >= 15 is 0 Å². The molecule has 134 valence electrons. The van der Waals surface area contributed by atoms with E-state index in [1.165, 1.54) is 6.07 Å². The van der Waals surface area contributed by atoms with Crippen molar-refractivity contribution in [2.75, 3.05) is 19.9 Å². The zero-order valence-electron chi connectivity index (χ0n) is 13.5. The summed E-state index contributed by atoms with van der Waals surface area (Å²) >= 11 is 5.74. The van der Waals surface area contributed by atoms with Crippen molar-refractivity contribution in [2.24, 2.45) is 0 Å². The quantitative estimate of drug-likeness (QED) is 0.615. The number of rotatable bonds is 6. The molecule has 0 bridgehead atoms. The fourth-order valence-electron chi connectivity index (χ4n) is 2.21. The van der Waals surface area contributed by atoms with E-state index in [-0.39, 0.29) is 19.1 Å². The molecule has 0 aromatic heterocycles. The first-order valence-electron chi connectivity index (χ1n) is 7.65. The maximum Gasteiger partial charge on any atom is 0.325 e. The maximum atomic E-state index is 12.0. The van der Waals surface area contributed by atoms with Gasteiger partial charge in [0.25, 0.3) is 5.91 Å². The third-order valence-electron chi connectivity index (χ3n) is 3.56. The van der Waals surface area contributed by atoms with Crippen molar-refractivity contribution in [3.8, 4) is 11.5 Å². The van der Waals surface area contributed by atoms with Crippen molar-refractivity contribution in [2.45, 2.75) is 0 Å². The van der Waals surface area contributed by atoms with Gasteiger partial charge in [-0.3, -0.25) is 14.4 Å². The van der Waals surface area contributed by atoms with Crippen LogP contribution in [0.25, 0.3) is 0 Å². The van der Waals surface area contributed by atoms with Crippen LogP contribution in [-0.2, 0) is 9.53 Å². The largest absolute Gasteiger partial charge is 0.456 e. The van der Waals surface area contributed by atoms with Crippen LogP contribution in [0.2, 0.25) is 5.02 Å². The molecule has 0 atom stereocenters. The van der Waals surface area contributed by atoms with Gasteiger partial charge < -0.3 is 19.5 Å². The first-order valence-corrected chi connectivity index (χ1v) is 8.03. The molecule has 0 fully saturated rings. The van der Waals surface area contributed by atoms with Gasteiger partial charge in [0.1, 0.15) is 6.54 Å². The summed E-state index contributed by atoms with van der Waals surface area (Å²) in [5, 5.41) is 2.93. The smallest absolute Gasteiger partial charge is 0.325 e. The van der Waals surface area contributed by atoms with Crippen molar-refractivity contribution >= 4 is 29.3 Å². The molecule has 2 aromatic rings. The number of benzene rings is 2. The van der Waals surface area contributed by atoms with Gasteiger partial charge in [-0.2, -0.15) is 0 Å². The maximum absolute atomic E-state index is 12.0. The van der Waals surface area contributed by atoms with Gasteiger partial charge in [0, 0.05) is 16.1 Å². The predicted molar refractivity (Wildman–Crippen MR) is 91.6 cm³/mol. The molecule has 1 aliphatic rings. The van der Waals surface area contributed by atoms with E-state index in [9.17, 15) is 14.4 Å². The van der Waals surface area contributed by atoms with Crippen molar-refractivity contribution in [3.05, 3.63) is 58.6 Å². The lowest BCUT2D eigenvalue weighted by molar-refractivity contribution is -0.141. The number of nitrogens with one attached hydrogen (secondary N) is 1. The van der Waals surface area contributed by atoms with Gasteiger partial charge in [0.05, 0.1) is 0 Å². The van der Waals surface area contributed by atoms with Gasteiger partial charge in [0.2, 0.25) is 6.79 Å². The molecule has 0 aliphatic carbocycles. The van der Waals surface area contributed by atoms with E-state index in [1.54, 1.807) is 36.4 Å². The number of carbonyl (C=O) groups is 3. The van der Waals surface area contributed by atoms with Gasteiger partial charge >= 0.3 is 5.97 Å². The summed E-state index contributed by atoms with van der Waals surface area (Å²) in [5.74, 6) is -0.529. The highest BCUT2D eigenvalue weighted by molar-refractivity contribution is 6.30. The number of amides is 1. The van der Waals surface area contributed by atoms with E-state index < -0.39 is 18.5 Å². The van der Waals surface area contributed by atoms with Gasteiger partial charge in [-0.25, -0.2) is 0 Å². The number of esters is 1. The molecule has 7 nitrogen and oxygen atoms in total. The lowest BCUT2D eigenvalue weighted by Gasteiger charge is -2.07. The molecule has 0 saturated heterocycles. The molecule has 8 heteroatoms. The van der Waals surface area contributed by atoms with E-state index in [0.29, 0.717) is 27.6 Å². The number of fused-ring (bicyclic) bond motifs is 1. The molecule has 0 unspecified atom stereocenters. The molecule has 0 radical (unpaired) electrons. The summed E-state index contributed by atoms with van der Waals surface area (Å²) < 4.78 is 15.2. The minimum Gasteiger partial charge on any atom is -0.456 e. The van der Waals surface area contributed by atoms with Crippen molar-refractivity contribution < 1.29 is 28.6 Å². The summed E-state index contributed by atoms with van der Waals surface area (Å²) in [6.45, 7) is -0.671. The van der Waals surface area contributed by atoms with E-state index in [1.807, 2.05) is 0 Å². The van der Waals surface area contributed by atoms with Gasteiger partial charge in [0.15, 0.2) is 23.9 Å². The molecule has 3 rings (SSSR count). The first kappa shape index (κ1) is 17.8. The second-order valence-electron chi connectivity index (χ2n) is 5.34. The number of hydrogen-bond acceptors (Lipinski definition) is 6. The van der Waals surface area contributed by atoms with Crippen LogP contribution in [0, 0.1) is 0 Å². The Kier molecular flexibility index (Phi) is 5.38. The molecular formula is C18H14ClNO6. The number of halogens is 1. The Morgan fingerprint density at radius 3 is 2.46 bits per heavy atom.